The van der Waals surface area contributed by atoms with E-state index < -0.39 is 38.5 Å². The second-order valence-electron chi connectivity index (χ2n) is 10.6. The summed E-state index contributed by atoms with van der Waals surface area (Å²) < 4.78 is 34.2. The van der Waals surface area contributed by atoms with Crippen LogP contribution in [0.15, 0.2) is 116 Å². The van der Waals surface area contributed by atoms with Crippen LogP contribution in [0.4, 0.5) is 11.4 Å². The molecule has 0 bridgehead atoms. The molecule has 15 heteroatoms. The Morgan fingerprint density at radius 1 is 0.938 bits per heavy atom. The average molecular weight is 681 g/mol. The number of aromatic amines is 1. The van der Waals surface area contributed by atoms with E-state index in [2.05, 4.69) is 20.3 Å². The number of anilines is 1. The van der Waals surface area contributed by atoms with Crippen LogP contribution < -0.4 is 10.6 Å². The topological polar surface area (TPSA) is 187 Å². The van der Waals surface area contributed by atoms with E-state index in [1.165, 1.54) is 4.57 Å². The zero-order chi connectivity index (χ0) is 34.2. The molecule has 240 valence electrons. The van der Waals surface area contributed by atoms with Crippen LogP contribution in [-0.4, -0.2) is 51.3 Å². The van der Waals surface area contributed by atoms with Gasteiger partial charge in [-0.05, 0) is 84.9 Å². The van der Waals surface area contributed by atoms with Crippen LogP contribution in [0.5, 0.6) is 0 Å². The molecular weight excluding hydrogens is 657 g/mol. The normalized spacial score (nSPS) is 15.1. The molecule has 0 aliphatic carbocycles. The number of fused-ring (bicyclic) bond motifs is 1. The Hall–Kier alpha value is -5.90. The second-order valence-corrected chi connectivity index (χ2v) is 12.4. The van der Waals surface area contributed by atoms with Crippen molar-refractivity contribution in [3.8, 4) is 5.69 Å². The van der Waals surface area contributed by atoms with E-state index in [-0.39, 0.29) is 17.0 Å². The molecule has 0 spiro atoms. The highest BCUT2D eigenvalue weighted by molar-refractivity contribution is 7.86. The first-order chi connectivity index (χ1) is 22.9. The van der Waals surface area contributed by atoms with Gasteiger partial charge in [-0.25, -0.2) is 4.79 Å². The minimum absolute atomic E-state index is 0.0149. The number of H-pyrrole nitrogens is 1. The number of aromatic carboxylic acids is 1. The lowest BCUT2D eigenvalue weighted by molar-refractivity contribution is -0.117. The van der Waals surface area contributed by atoms with Crippen LogP contribution in [0.25, 0.3) is 28.7 Å². The number of carboxylic acids is 1. The molecule has 1 aliphatic rings. The number of hydrazone groups is 1. The molecule has 0 fully saturated rings. The van der Waals surface area contributed by atoms with Crippen molar-refractivity contribution in [3.05, 3.63) is 123 Å². The molecule has 5 aromatic rings. The zero-order valence-corrected chi connectivity index (χ0v) is 26.5. The molecule has 0 saturated heterocycles. The van der Waals surface area contributed by atoms with Crippen molar-refractivity contribution < 1.29 is 27.7 Å². The lowest BCUT2D eigenvalue weighted by Crippen LogP contribution is -2.30. The Morgan fingerprint density at radius 2 is 1.56 bits per heavy atom. The standard InChI is InChI=1S/C33H24N6O7S2/c1-19-29(31(41)39(37-19)24-16-17-28(48(44,45)46)26(18-24)32(42)43)36-35-22-12-8-20(9-13-22)6-7-21-10-14-23(15-11-21)38-30(40)25-4-2-3-5-27(25)34-33(38)47/h2-18,29H,1H3,(H,34,47)(H,42,43)(H,44,45,46). The number of hydrogen-bond donors (Lipinski definition) is 3. The predicted octanol–water partition coefficient (Wildman–Crippen LogP) is 6.04. The quantitative estimate of drug-likeness (QED) is 0.0766. The van der Waals surface area contributed by atoms with Gasteiger partial charge in [-0.2, -0.15) is 28.8 Å². The molecule has 2 heterocycles. The molecule has 6 rings (SSSR count). The summed E-state index contributed by atoms with van der Waals surface area (Å²) in [6.07, 6.45) is 3.81. The van der Waals surface area contributed by atoms with Crippen LogP contribution in [-0.2, 0) is 14.9 Å². The molecule has 1 atom stereocenters. The van der Waals surface area contributed by atoms with Crippen LogP contribution in [0.2, 0.25) is 0 Å². The number of nitrogens with one attached hydrogen (secondary N) is 1. The summed E-state index contributed by atoms with van der Waals surface area (Å²) in [5.41, 5.74) is 2.92. The van der Waals surface area contributed by atoms with E-state index in [1.807, 2.05) is 60.7 Å². The first-order valence-electron chi connectivity index (χ1n) is 14.2. The molecule has 48 heavy (non-hydrogen) atoms. The number of azo groups is 1. The van der Waals surface area contributed by atoms with Gasteiger partial charge in [-0.1, -0.05) is 48.6 Å². The Bertz CT molecular complexity index is 2430. The molecule has 1 unspecified atom stereocenters. The van der Waals surface area contributed by atoms with Crippen molar-refractivity contribution in [2.45, 2.75) is 17.9 Å². The number of carbonyl (C=O) groups is 2. The van der Waals surface area contributed by atoms with Crippen molar-refractivity contribution in [2.24, 2.45) is 15.3 Å². The number of benzene rings is 4. The molecule has 3 N–H and O–H groups in total. The predicted molar refractivity (Wildman–Crippen MR) is 182 cm³/mol. The van der Waals surface area contributed by atoms with Gasteiger partial charge in [0.15, 0.2) is 10.8 Å². The maximum atomic E-state index is 13.1. The van der Waals surface area contributed by atoms with Crippen molar-refractivity contribution in [1.82, 2.24) is 9.55 Å². The number of para-hydroxylation sites is 1. The van der Waals surface area contributed by atoms with Gasteiger partial charge in [0.25, 0.3) is 21.6 Å². The van der Waals surface area contributed by atoms with Gasteiger partial charge in [0.2, 0.25) is 0 Å². The fourth-order valence-corrected chi connectivity index (χ4v) is 5.98. The van der Waals surface area contributed by atoms with Crippen LogP contribution in [0.3, 0.4) is 0 Å². The minimum Gasteiger partial charge on any atom is -0.478 e. The third-order valence-electron chi connectivity index (χ3n) is 7.42. The third kappa shape index (κ3) is 6.37. The van der Waals surface area contributed by atoms with E-state index in [0.717, 1.165) is 34.3 Å². The largest absolute Gasteiger partial charge is 0.478 e. The van der Waals surface area contributed by atoms with Gasteiger partial charge in [0.1, 0.15) is 4.90 Å². The van der Waals surface area contributed by atoms with Crippen LogP contribution in [0.1, 0.15) is 28.4 Å². The van der Waals surface area contributed by atoms with E-state index in [1.54, 1.807) is 31.2 Å². The van der Waals surface area contributed by atoms with E-state index in [9.17, 15) is 32.5 Å². The van der Waals surface area contributed by atoms with Gasteiger partial charge < -0.3 is 10.1 Å². The summed E-state index contributed by atoms with van der Waals surface area (Å²) in [6.45, 7) is 1.56. The number of rotatable bonds is 8. The van der Waals surface area contributed by atoms with E-state index in [4.69, 9.17) is 12.2 Å². The van der Waals surface area contributed by atoms with Crippen molar-refractivity contribution >= 4 is 74.4 Å². The highest BCUT2D eigenvalue weighted by Crippen LogP contribution is 2.28. The Balaban J connectivity index is 1.13. The highest BCUT2D eigenvalue weighted by atomic mass is 32.2. The zero-order valence-electron chi connectivity index (χ0n) is 24.9. The number of nitrogens with zero attached hydrogens (tertiary/aromatic N) is 5. The molecule has 4 aromatic carbocycles. The molecule has 0 saturated carbocycles. The summed E-state index contributed by atoms with van der Waals surface area (Å²) in [7, 11) is -4.81. The third-order valence-corrected chi connectivity index (χ3v) is 8.62. The summed E-state index contributed by atoms with van der Waals surface area (Å²) in [5, 5.41) is 23.3. The first-order valence-corrected chi connectivity index (χ1v) is 16.0. The highest BCUT2D eigenvalue weighted by Gasteiger charge is 2.35. The molecule has 13 nitrogen and oxygen atoms in total. The fraction of sp³-hybridized carbons (Fsp3) is 0.0606. The van der Waals surface area contributed by atoms with Gasteiger partial charge >= 0.3 is 5.97 Å². The number of carbonyl (C=O) groups excluding carboxylic acids is 1. The molecular formula is C33H24N6O7S2. The van der Waals surface area contributed by atoms with E-state index >= 15 is 0 Å². The van der Waals surface area contributed by atoms with Gasteiger partial charge in [0, 0.05) is 0 Å². The van der Waals surface area contributed by atoms with E-state index in [0.29, 0.717) is 27.0 Å². The second kappa shape index (κ2) is 12.7. The maximum absolute atomic E-state index is 13.1. The number of aromatic nitrogens is 2. The lowest BCUT2D eigenvalue weighted by Gasteiger charge is -2.14. The van der Waals surface area contributed by atoms with Crippen LogP contribution in [0, 0.1) is 4.77 Å². The molecule has 1 amide bonds. The summed E-state index contributed by atoms with van der Waals surface area (Å²) in [4.78, 5) is 40.0. The number of hydrogen-bond acceptors (Lipinski definition) is 9. The summed E-state index contributed by atoms with van der Waals surface area (Å²) in [5.74, 6) is -2.23. The maximum Gasteiger partial charge on any atom is 0.337 e. The van der Waals surface area contributed by atoms with Gasteiger partial charge in [-0.3, -0.25) is 18.7 Å². The average Bonchev–Trinajstić information content (AvgIpc) is 3.35. The molecule has 0 radical (unpaired) electrons. The van der Waals surface area contributed by atoms with Crippen molar-refractivity contribution in [3.63, 3.8) is 0 Å². The van der Waals surface area contributed by atoms with Gasteiger partial charge in [0.05, 0.1) is 39.2 Å². The summed E-state index contributed by atoms with van der Waals surface area (Å²) in [6, 6.07) is 23.6. The monoisotopic (exact) mass is 680 g/mol. The number of amides is 1. The fourth-order valence-electron chi connectivity index (χ4n) is 5.02. The van der Waals surface area contributed by atoms with Crippen molar-refractivity contribution in [2.75, 3.05) is 5.01 Å². The molecule has 1 aliphatic heterocycles. The SMILES string of the molecule is CC1=NN(c2ccc(S(=O)(=O)O)c(C(=O)O)c2)C(=O)C1N=Nc1ccc(C=Cc2ccc(-n3c(=S)[nH]c4ccccc4c3=O)cc2)cc1. The summed E-state index contributed by atoms with van der Waals surface area (Å²) >= 11 is 5.43. The molecule has 1 aromatic heterocycles. The Kier molecular flexibility index (Phi) is 8.49. The van der Waals surface area contributed by atoms with Crippen molar-refractivity contribution in [1.29, 1.82) is 0 Å². The Labute approximate surface area is 277 Å². The Morgan fingerprint density at radius 3 is 2.21 bits per heavy atom. The van der Waals surface area contributed by atoms with Gasteiger partial charge in [-0.15, -0.1) is 0 Å². The lowest BCUT2D eigenvalue weighted by atomic mass is 10.1. The smallest absolute Gasteiger partial charge is 0.337 e. The first kappa shape index (κ1) is 32.1. The minimum atomic E-state index is -4.81. The van der Waals surface area contributed by atoms with Crippen LogP contribution >= 0.6 is 12.2 Å². The number of carboxylic acid groups (broad SMARTS) is 1.